The zero-order valence-corrected chi connectivity index (χ0v) is 14.9. The molecule has 1 heterocycles. The van der Waals surface area contributed by atoms with Gasteiger partial charge < -0.3 is 20.5 Å². The van der Waals surface area contributed by atoms with Crippen LogP contribution in [0, 0.1) is 5.82 Å². The molecule has 0 saturated carbocycles. The summed E-state index contributed by atoms with van der Waals surface area (Å²) in [6, 6.07) is 5.57. The van der Waals surface area contributed by atoms with Crippen LogP contribution in [0.1, 0.15) is 22.8 Å². The monoisotopic (exact) mass is 380 g/mol. The van der Waals surface area contributed by atoms with Gasteiger partial charge in [0, 0.05) is 0 Å². The lowest BCUT2D eigenvalue weighted by molar-refractivity contribution is -0.152. The third-order valence-corrected chi connectivity index (χ3v) is 4.24. The number of amides is 2. The summed E-state index contributed by atoms with van der Waals surface area (Å²) in [5.41, 5.74) is 5.76. The molecule has 0 aliphatic rings. The molecule has 0 aliphatic heterocycles. The van der Waals surface area contributed by atoms with Crippen molar-refractivity contribution in [1.29, 1.82) is 0 Å². The molecule has 2 aromatic rings. The SMILES string of the molecule is COc1ccc(CC(=O)O[C@@H](C)C(=O)Nc2sccc2C(N)=O)cc1F. The molecule has 26 heavy (non-hydrogen) atoms. The van der Waals surface area contributed by atoms with Crippen molar-refractivity contribution in [3.05, 3.63) is 46.6 Å². The van der Waals surface area contributed by atoms with Gasteiger partial charge >= 0.3 is 5.97 Å². The maximum absolute atomic E-state index is 13.6. The summed E-state index contributed by atoms with van der Waals surface area (Å²) in [5, 5.41) is 4.37. The van der Waals surface area contributed by atoms with Crippen molar-refractivity contribution in [3.8, 4) is 5.75 Å². The number of methoxy groups -OCH3 is 1. The average Bonchev–Trinajstić information content (AvgIpc) is 3.03. The largest absolute Gasteiger partial charge is 0.494 e. The molecule has 0 aliphatic carbocycles. The molecule has 9 heteroatoms. The topological polar surface area (TPSA) is 108 Å². The van der Waals surface area contributed by atoms with Crippen molar-refractivity contribution in [2.24, 2.45) is 5.73 Å². The van der Waals surface area contributed by atoms with Crippen molar-refractivity contribution in [2.45, 2.75) is 19.4 Å². The highest BCUT2D eigenvalue weighted by atomic mass is 32.1. The number of ether oxygens (including phenoxy) is 2. The van der Waals surface area contributed by atoms with Gasteiger partial charge in [0.2, 0.25) is 0 Å². The molecule has 0 radical (unpaired) electrons. The number of hydrogen-bond donors (Lipinski definition) is 2. The molecular formula is C17H17FN2O5S. The number of esters is 1. The zero-order chi connectivity index (χ0) is 19.3. The number of carbonyl (C=O) groups is 3. The minimum Gasteiger partial charge on any atom is -0.494 e. The van der Waals surface area contributed by atoms with Crippen molar-refractivity contribution in [3.63, 3.8) is 0 Å². The Morgan fingerprint density at radius 3 is 2.65 bits per heavy atom. The van der Waals surface area contributed by atoms with E-state index < -0.39 is 29.7 Å². The first-order chi connectivity index (χ1) is 12.3. The molecule has 1 atom stereocenters. The van der Waals surface area contributed by atoms with E-state index in [1.165, 1.54) is 32.2 Å². The first kappa shape index (κ1) is 19.4. The lowest BCUT2D eigenvalue weighted by Crippen LogP contribution is -2.30. The number of anilines is 1. The Labute approximate surface area is 152 Å². The van der Waals surface area contributed by atoms with Crippen LogP contribution in [0.25, 0.3) is 0 Å². The molecule has 3 N–H and O–H groups in total. The fourth-order valence-electron chi connectivity index (χ4n) is 2.09. The van der Waals surface area contributed by atoms with E-state index in [9.17, 15) is 18.8 Å². The number of carbonyl (C=O) groups excluding carboxylic acids is 3. The van der Waals surface area contributed by atoms with Gasteiger partial charge in [-0.2, -0.15) is 0 Å². The number of primary amides is 1. The minimum atomic E-state index is -1.10. The summed E-state index contributed by atoms with van der Waals surface area (Å²) < 4.78 is 23.5. The molecule has 0 spiro atoms. The van der Waals surface area contributed by atoms with E-state index in [0.717, 1.165) is 17.4 Å². The van der Waals surface area contributed by atoms with Crippen molar-refractivity contribution >= 4 is 34.1 Å². The van der Waals surface area contributed by atoms with Crippen LogP contribution in [0.2, 0.25) is 0 Å². The number of thiophene rings is 1. The summed E-state index contributed by atoms with van der Waals surface area (Å²) in [4.78, 5) is 35.3. The van der Waals surface area contributed by atoms with Gasteiger partial charge in [-0.1, -0.05) is 6.07 Å². The molecule has 0 saturated heterocycles. The molecule has 0 fully saturated rings. The van der Waals surface area contributed by atoms with E-state index >= 15 is 0 Å². The Balaban J connectivity index is 1.93. The first-order valence-electron chi connectivity index (χ1n) is 7.52. The van der Waals surface area contributed by atoms with Crippen LogP contribution in [0.15, 0.2) is 29.6 Å². The fraction of sp³-hybridized carbons (Fsp3) is 0.235. The number of nitrogens with one attached hydrogen (secondary N) is 1. The predicted molar refractivity (Wildman–Crippen MR) is 93.7 cm³/mol. The van der Waals surface area contributed by atoms with Gasteiger partial charge in [-0.05, 0) is 36.1 Å². The fourth-order valence-corrected chi connectivity index (χ4v) is 2.89. The number of hydrogen-bond acceptors (Lipinski definition) is 6. The third-order valence-electron chi connectivity index (χ3n) is 3.41. The van der Waals surface area contributed by atoms with Gasteiger partial charge in [0.05, 0.1) is 19.1 Å². The Morgan fingerprint density at radius 1 is 1.31 bits per heavy atom. The van der Waals surface area contributed by atoms with E-state index in [1.54, 1.807) is 5.38 Å². The smallest absolute Gasteiger partial charge is 0.311 e. The maximum atomic E-state index is 13.6. The molecule has 138 valence electrons. The van der Waals surface area contributed by atoms with E-state index in [2.05, 4.69) is 5.32 Å². The Hall–Kier alpha value is -2.94. The second-order valence-corrected chi connectivity index (χ2v) is 6.21. The van der Waals surface area contributed by atoms with Gasteiger partial charge in [0.25, 0.3) is 11.8 Å². The summed E-state index contributed by atoms with van der Waals surface area (Å²) in [6.45, 7) is 1.39. The summed E-state index contributed by atoms with van der Waals surface area (Å²) in [7, 11) is 1.34. The van der Waals surface area contributed by atoms with E-state index in [0.29, 0.717) is 5.56 Å². The highest BCUT2D eigenvalue weighted by Gasteiger charge is 2.21. The van der Waals surface area contributed by atoms with Crippen LogP contribution in [0.5, 0.6) is 5.75 Å². The maximum Gasteiger partial charge on any atom is 0.311 e. The molecule has 2 amide bonds. The molecule has 7 nitrogen and oxygen atoms in total. The average molecular weight is 380 g/mol. The summed E-state index contributed by atoms with van der Waals surface area (Å²) in [6.07, 6.45) is -1.31. The first-order valence-corrected chi connectivity index (χ1v) is 8.39. The molecular weight excluding hydrogens is 363 g/mol. The normalized spacial score (nSPS) is 11.5. The van der Waals surface area contributed by atoms with E-state index in [1.807, 2.05) is 0 Å². The molecule has 0 bridgehead atoms. The predicted octanol–water partition coefficient (Wildman–Crippen LogP) is 2.11. The van der Waals surface area contributed by atoms with Crippen LogP contribution >= 0.6 is 11.3 Å². The van der Waals surface area contributed by atoms with Crippen molar-refractivity contribution in [1.82, 2.24) is 0 Å². The number of rotatable bonds is 7. The Kier molecular flexibility index (Phi) is 6.29. The van der Waals surface area contributed by atoms with Gasteiger partial charge in [-0.3, -0.25) is 14.4 Å². The quantitative estimate of drug-likeness (QED) is 0.715. The van der Waals surface area contributed by atoms with Crippen LogP contribution in [0.3, 0.4) is 0 Å². The number of halogens is 1. The second kappa shape index (κ2) is 8.43. The lowest BCUT2D eigenvalue weighted by Gasteiger charge is -2.13. The van der Waals surface area contributed by atoms with Crippen LogP contribution in [0.4, 0.5) is 9.39 Å². The van der Waals surface area contributed by atoms with Gasteiger partial charge in [-0.25, -0.2) is 4.39 Å². The lowest BCUT2D eigenvalue weighted by atomic mass is 10.1. The van der Waals surface area contributed by atoms with Crippen molar-refractivity contribution in [2.75, 3.05) is 12.4 Å². The van der Waals surface area contributed by atoms with Gasteiger partial charge in [0.15, 0.2) is 17.7 Å². The third kappa shape index (κ3) is 4.79. The second-order valence-electron chi connectivity index (χ2n) is 5.29. The van der Waals surface area contributed by atoms with Crippen molar-refractivity contribution < 1.29 is 28.2 Å². The van der Waals surface area contributed by atoms with Gasteiger partial charge in [-0.15, -0.1) is 11.3 Å². The Morgan fingerprint density at radius 2 is 2.04 bits per heavy atom. The van der Waals surface area contributed by atoms with Crippen LogP contribution < -0.4 is 15.8 Å². The standard InChI is InChI=1S/C17H17FN2O5S/c1-9(16(23)20-17-11(15(19)22)5-6-26-17)25-14(21)8-10-3-4-13(24-2)12(18)7-10/h3-7,9H,8H2,1-2H3,(H2,19,22)(H,20,23)/t9-/m0/s1. The molecule has 2 rings (SSSR count). The molecule has 1 aromatic carbocycles. The zero-order valence-electron chi connectivity index (χ0n) is 14.1. The highest BCUT2D eigenvalue weighted by Crippen LogP contribution is 2.23. The highest BCUT2D eigenvalue weighted by molar-refractivity contribution is 7.14. The molecule has 1 aromatic heterocycles. The van der Waals surface area contributed by atoms with Crippen LogP contribution in [-0.2, 0) is 20.7 Å². The number of nitrogens with two attached hydrogens (primary N) is 1. The van der Waals surface area contributed by atoms with Gasteiger partial charge in [0.1, 0.15) is 5.00 Å². The summed E-state index contributed by atoms with van der Waals surface area (Å²) >= 11 is 1.12. The van der Waals surface area contributed by atoms with E-state index in [-0.39, 0.29) is 22.7 Å². The molecule has 0 unspecified atom stereocenters. The number of benzene rings is 1. The Bertz CT molecular complexity index is 836. The van der Waals surface area contributed by atoms with Crippen LogP contribution in [-0.4, -0.2) is 31.0 Å². The summed E-state index contributed by atoms with van der Waals surface area (Å²) in [5.74, 6) is -2.51. The van der Waals surface area contributed by atoms with E-state index in [4.69, 9.17) is 15.2 Å². The minimum absolute atomic E-state index is 0.0658.